The third kappa shape index (κ3) is 5.14. The Morgan fingerprint density at radius 1 is 1.35 bits per heavy atom. The van der Waals surface area contributed by atoms with Crippen LogP contribution in [0.5, 0.6) is 0 Å². The smallest absolute Gasteiger partial charge is 0.246 e. The van der Waals surface area contributed by atoms with E-state index in [1.165, 1.54) is 37.4 Å². The number of ether oxygens (including phenoxy) is 1. The van der Waals surface area contributed by atoms with Crippen molar-refractivity contribution in [1.29, 1.82) is 0 Å². The molecule has 0 aromatic rings. The molecule has 6 nitrogen and oxygen atoms in total. The highest BCUT2D eigenvalue weighted by atomic mass is 16.5. The summed E-state index contributed by atoms with van der Waals surface area (Å²) in [4.78, 5) is 10.9. The van der Waals surface area contributed by atoms with E-state index in [1.54, 1.807) is 0 Å². The van der Waals surface area contributed by atoms with Crippen LogP contribution in [0, 0.1) is 11.3 Å². The predicted octanol–water partition coefficient (Wildman–Crippen LogP) is 1.39. The van der Waals surface area contributed by atoms with Crippen LogP contribution >= 0.6 is 0 Å². The highest BCUT2D eigenvalue weighted by molar-refractivity contribution is 5.78. The lowest BCUT2D eigenvalue weighted by Crippen LogP contribution is -2.59. The maximum absolute atomic E-state index is 10.9. The molecule has 2 atom stereocenters. The van der Waals surface area contributed by atoms with Gasteiger partial charge >= 0.3 is 0 Å². The summed E-state index contributed by atoms with van der Waals surface area (Å²) in [5.41, 5.74) is 0.805. The second kappa shape index (κ2) is 8.42. The third-order valence-corrected chi connectivity index (χ3v) is 4.87. The van der Waals surface area contributed by atoms with Gasteiger partial charge in [0.1, 0.15) is 6.61 Å². The van der Waals surface area contributed by atoms with Crippen molar-refractivity contribution in [3.8, 4) is 0 Å². The van der Waals surface area contributed by atoms with Crippen LogP contribution in [0.1, 0.15) is 46.5 Å². The number of hydroxylamine groups is 2. The fraction of sp³-hybridized carbons (Fsp3) is 0.941. The van der Waals surface area contributed by atoms with E-state index < -0.39 is 0 Å². The molecule has 3 N–H and O–H groups in total. The van der Waals surface area contributed by atoms with Crippen LogP contribution in [0.3, 0.4) is 0 Å². The lowest BCUT2D eigenvalue weighted by atomic mass is 9.59. The fourth-order valence-corrected chi connectivity index (χ4v) is 3.87. The summed E-state index contributed by atoms with van der Waals surface area (Å²) < 4.78 is 5.29. The molecule has 0 radical (unpaired) electrons. The summed E-state index contributed by atoms with van der Waals surface area (Å²) in [6, 6.07) is -0.0370. The molecule has 134 valence electrons. The molecule has 0 aromatic heterocycles. The van der Waals surface area contributed by atoms with Gasteiger partial charge in [0.25, 0.3) is 0 Å². The van der Waals surface area contributed by atoms with Gasteiger partial charge in [-0.05, 0) is 30.6 Å². The van der Waals surface area contributed by atoms with Crippen molar-refractivity contribution in [2.45, 2.75) is 58.6 Å². The van der Waals surface area contributed by atoms with E-state index in [2.05, 4.69) is 31.4 Å². The number of nitrogens with zero attached hydrogens (tertiary/aromatic N) is 1. The Morgan fingerprint density at radius 2 is 2.00 bits per heavy atom. The Balaban J connectivity index is 0.000000151. The highest BCUT2D eigenvalue weighted by Crippen LogP contribution is 2.47. The Hall–Kier alpha value is -0.690. The van der Waals surface area contributed by atoms with E-state index >= 15 is 0 Å². The second-order valence-electron chi connectivity index (χ2n) is 7.55. The molecule has 0 unspecified atom stereocenters. The number of morpholine rings is 1. The molecule has 1 amide bonds. The van der Waals surface area contributed by atoms with Crippen molar-refractivity contribution in [2.75, 3.05) is 32.8 Å². The summed E-state index contributed by atoms with van der Waals surface area (Å²) in [6.45, 7) is 10.5. The van der Waals surface area contributed by atoms with Crippen LogP contribution in [-0.4, -0.2) is 61.1 Å². The SMILES string of the molecule is CC1CC2(CNC2)C1.CCC.O=C1CO[C@H]2CCN(O)C[C@H]2N1. The summed E-state index contributed by atoms with van der Waals surface area (Å²) in [5.74, 6) is 0.934. The predicted molar refractivity (Wildman–Crippen MR) is 89.3 cm³/mol. The summed E-state index contributed by atoms with van der Waals surface area (Å²) in [6.07, 6.45) is 5.09. The molecule has 3 heterocycles. The van der Waals surface area contributed by atoms with Crippen molar-refractivity contribution in [3.05, 3.63) is 0 Å². The van der Waals surface area contributed by atoms with E-state index in [0.717, 1.165) is 17.8 Å². The van der Waals surface area contributed by atoms with E-state index in [-0.39, 0.29) is 24.7 Å². The first kappa shape index (κ1) is 18.6. The molecule has 3 saturated heterocycles. The standard InChI is InChI=1S/C7H12N2O3.C7H13N.C3H8/c10-7-4-12-6-1-2-9(11)3-5(6)8-7;1-6-2-7(3-6)4-8-5-7;1-3-2/h5-6,11H,1-4H2,(H,8,10);6,8H,2-5H2,1H3;3H2,1-2H3/t5-,6+;;/m1../s1. The summed E-state index contributed by atoms with van der Waals surface area (Å²) in [7, 11) is 0. The van der Waals surface area contributed by atoms with Crippen molar-refractivity contribution in [3.63, 3.8) is 0 Å². The van der Waals surface area contributed by atoms with Gasteiger partial charge in [0.2, 0.25) is 5.91 Å². The van der Waals surface area contributed by atoms with Crippen molar-refractivity contribution >= 4 is 5.91 Å². The van der Waals surface area contributed by atoms with Gasteiger partial charge in [-0.1, -0.05) is 27.2 Å². The Bertz CT molecular complexity index is 379. The summed E-state index contributed by atoms with van der Waals surface area (Å²) >= 11 is 0. The second-order valence-corrected chi connectivity index (χ2v) is 7.55. The van der Waals surface area contributed by atoms with Crippen molar-refractivity contribution in [2.24, 2.45) is 11.3 Å². The average molecular weight is 327 g/mol. The zero-order valence-electron chi connectivity index (χ0n) is 14.8. The Labute approximate surface area is 139 Å². The van der Waals surface area contributed by atoms with E-state index in [9.17, 15) is 4.79 Å². The van der Waals surface area contributed by atoms with E-state index in [1.807, 2.05) is 0 Å². The quantitative estimate of drug-likeness (QED) is 0.627. The molecule has 3 aliphatic heterocycles. The van der Waals surface area contributed by atoms with Crippen molar-refractivity contribution < 1.29 is 14.7 Å². The van der Waals surface area contributed by atoms with Gasteiger partial charge in [0, 0.05) is 26.2 Å². The maximum Gasteiger partial charge on any atom is 0.246 e. The molecule has 4 rings (SSSR count). The number of hydrogen-bond acceptors (Lipinski definition) is 5. The van der Waals surface area contributed by atoms with Crippen LogP contribution in [0.4, 0.5) is 0 Å². The molecule has 1 aliphatic carbocycles. The van der Waals surface area contributed by atoms with Gasteiger partial charge in [-0.15, -0.1) is 0 Å². The monoisotopic (exact) mass is 327 g/mol. The van der Waals surface area contributed by atoms with E-state index in [4.69, 9.17) is 9.94 Å². The molecule has 1 saturated carbocycles. The first-order chi connectivity index (χ1) is 11.0. The third-order valence-electron chi connectivity index (χ3n) is 4.87. The number of carbonyl (C=O) groups is 1. The minimum atomic E-state index is -0.0912. The number of rotatable bonds is 0. The lowest BCUT2D eigenvalue weighted by Gasteiger charge is -2.53. The minimum absolute atomic E-state index is 0.0370. The van der Waals surface area contributed by atoms with Gasteiger partial charge in [-0.25, -0.2) is 0 Å². The molecular formula is C17H33N3O3. The Kier molecular flexibility index (Phi) is 6.83. The zero-order chi connectivity index (χ0) is 16.9. The lowest BCUT2D eigenvalue weighted by molar-refractivity contribution is -0.164. The molecule has 6 heteroatoms. The average Bonchev–Trinajstić information content (AvgIpc) is 2.43. The Morgan fingerprint density at radius 3 is 2.48 bits per heavy atom. The number of nitrogens with one attached hydrogen (secondary N) is 2. The maximum atomic E-state index is 10.9. The fourth-order valence-electron chi connectivity index (χ4n) is 3.87. The molecular weight excluding hydrogens is 294 g/mol. The highest BCUT2D eigenvalue weighted by Gasteiger charge is 2.46. The number of fused-ring (bicyclic) bond motifs is 1. The first-order valence-electron chi connectivity index (χ1n) is 9.03. The molecule has 23 heavy (non-hydrogen) atoms. The normalized spacial score (nSPS) is 32.1. The van der Waals surface area contributed by atoms with Gasteiger partial charge in [-0.2, -0.15) is 5.06 Å². The molecule has 4 aliphatic rings. The van der Waals surface area contributed by atoms with Crippen molar-refractivity contribution in [1.82, 2.24) is 15.7 Å². The van der Waals surface area contributed by atoms with Gasteiger partial charge in [0.05, 0.1) is 12.1 Å². The molecule has 0 aromatic carbocycles. The van der Waals surface area contributed by atoms with E-state index in [0.29, 0.717) is 13.1 Å². The molecule has 0 bridgehead atoms. The summed E-state index contributed by atoms with van der Waals surface area (Å²) in [5, 5.41) is 16.5. The molecule has 1 spiro atoms. The largest absolute Gasteiger partial charge is 0.366 e. The van der Waals surface area contributed by atoms with Gasteiger partial charge in [-0.3, -0.25) is 4.79 Å². The number of amides is 1. The number of hydrogen-bond donors (Lipinski definition) is 3. The van der Waals surface area contributed by atoms with Crippen LogP contribution in [0.25, 0.3) is 0 Å². The van der Waals surface area contributed by atoms with Gasteiger partial charge < -0.3 is 20.6 Å². The number of carbonyl (C=O) groups excluding carboxylic acids is 1. The topological polar surface area (TPSA) is 73.8 Å². The minimum Gasteiger partial charge on any atom is -0.366 e. The van der Waals surface area contributed by atoms with Gasteiger partial charge in [0.15, 0.2) is 0 Å². The van der Waals surface area contributed by atoms with Crippen LogP contribution in [0.15, 0.2) is 0 Å². The van der Waals surface area contributed by atoms with Crippen LogP contribution in [0.2, 0.25) is 0 Å². The molecule has 4 fully saturated rings. The first-order valence-corrected chi connectivity index (χ1v) is 9.03. The van der Waals surface area contributed by atoms with Crippen LogP contribution < -0.4 is 10.6 Å². The zero-order valence-corrected chi connectivity index (χ0v) is 14.8. The number of piperidine rings is 1. The van der Waals surface area contributed by atoms with Crippen LogP contribution in [-0.2, 0) is 9.53 Å².